The van der Waals surface area contributed by atoms with Gasteiger partial charge in [0.25, 0.3) is 0 Å². The van der Waals surface area contributed by atoms with Crippen LogP contribution in [-0.2, 0) is 39.0 Å². The molecule has 0 radical (unpaired) electrons. The van der Waals surface area contributed by atoms with Crippen LogP contribution in [0.15, 0.2) is 132 Å². The molecule has 4 aliphatic heterocycles. The number of fused-ring (bicyclic) bond motifs is 16. The first-order chi connectivity index (χ1) is 38.7. The predicted molar refractivity (Wildman–Crippen MR) is 333 cm³/mol. The maximum Gasteiger partial charge on any atom is 2.00 e. The van der Waals surface area contributed by atoms with E-state index in [-0.39, 0.29) is 50.8 Å². The number of aryl methyl sites for hydroxylation is 2. The predicted octanol–water partition coefficient (Wildman–Crippen LogP) is 18.0. The van der Waals surface area contributed by atoms with Crippen molar-refractivity contribution in [3.63, 3.8) is 0 Å². The normalized spacial score (nSPS) is 12.4. The Kier molecular flexibility index (Phi) is 15.9. The van der Waals surface area contributed by atoms with Gasteiger partial charge < -0.3 is 19.9 Å². The maximum absolute atomic E-state index is 5.74. The molecule has 0 unspecified atom stereocenters. The number of nitrogens with zero attached hydrogens (tertiary/aromatic N) is 8. The molecule has 3 aromatic carbocycles. The van der Waals surface area contributed by atoms with Gasteiger partial charge in [-0.15, -0.1) is 44.1 Å². The summed E-state index contributed by atoms with van der Waals surface area (Å²) < 4.78 is 0.805. The van der Waals surface area contributed by atoms with Crippen molar-refractivity contribution >= 4 is 109 Å². The minimum absolute atomic E-state index is 0. The van der Waals surface area contributed by atoms with Crippen molar-refractivity contribution in [2.75, 3.05) is 0 Å². The zero-order chi connectivity index (χ0) is 53.9. The topological polar surface area (TPSA) is 108 Å². The second kappa shape index (κ2) is 23.2. The summed E-state index contributed by atoms with van der Waals surface area (Å²) in [6.45, 7) is 13.3. The average molecular weight is 1220 g/mol. The molecule has 0 fully saturated rings. The van der Waals surface area contributed by atoms with Gasteiger partial charge in [-0.2, -0.15) is 0 Å². The molecule has 0 N–H and O–H groups in total. The summed E-state index contributed by atoms with van der Waals surface area (Å²) in [6, 6.07) is 44.8. The van der Waals surface area contributed by atoms with Gasteiger partial charge in [0.2, 0.25) is 0 Å². The Labute approximate surface area is 506 Å². The molecular weight excluding hydrogens is 1160 g/mol. The van der Waals surface area contributed by atoms with Crippen molar-refractivity contribution < 1.29 is 39.0 Å². The number of benzene rings is 3. The molecule has 6 aromatic heterocycles. The van der Waals surface area contributed by atoms with Crippen LogP contribution in [-0.4, -0.2) is 19.9 Å². The largest absolute Gasteiger partial charge is 2.00 e. The summed E-state index contributed by atoms with van der Waals surface area (Å²) in [4.78, 5) is 44.5. The Hall–Kier alpha value is -7.41. The number of aromatic nitrogens is 8. The fourth-order valence-corrected chi connectivity index (χ4v) is 12.3. The van der Waals surface area contributed by atoms with Gasteiger partial charge in [-0.1, -0.05) is 166 Å². The molecular formula is C70H57BrN8Zn2. The summed E-state index contributed by atoms with van der Waals surface area (Å²) in [5.74, 6) is 0.374. The fourth-order valence-electron chi connectivity index (χ4n) is 11.9. The Bertz CT molecular complexity index is 4340. The molecule has 0 amide bonds. The van der Waals surface area contributed by atoms with E-state index in [9.17, 15) is 0 Å². The van der Waals surface area contributed by atoms with Crippen molar-refractivity contribution in [2.45, 2.75) is 79.1 Å². The van der Waals surface area contributed by atoms with Gasteiger partial charge in [0.15, 0.2) is 0 Å². The SMILES string of the molecule is CCC(CC)c1c2nc(c(-c3c4nc(c(-c5ccc(C)cc5)c5ccc([n-]5)c(Br)c5nc(c(-c6ccc(C)cc6)c6ccc3[n-]6)C=C5)C=C4)c3ccc([n-]3)c(C(CC)CC)c3nc(c(-c4ccccc4)c4ccc1[n-]4)C=C3)C=C2.[Zn+2].[Zn+2]. The zero-order valence-electron chi connectivity index (χ0n) is 46.6. The average Bonchev–Trinajstić information content (AvgIpc) is 4.41. The third-order valence-electron chi connectivity index (χ3n) is 16.0. The number of hydrogen-bond donors (Lipinski definition) is 0. The molecule has 81 heavy (non-hydrogen) atoms. The van der Waals surface area contributed by atoms with Crippen LogP contribution in [0.1, 0.15) is 133 Å². The van der Waals surface area contributed by atoms with E-state index in [0.29, 0.717) is 0 Å². The summed E-state index contributed by atoms with van der Waals surface area (Å²) in [6.07, 6.45) is 20.7. The third kappa shape index (κ3) is 10.2. The van der Waals surface area contributed by atoms with Crippen LogP contribution in [0.25, 0.3) is 137 Å². The molecule has 388 valence electrons. The summed E-state index contributed by atoms with van der Waals surface area (Å²) in [5, 5.41) is 0. The van der Waals surface area contributed by atoms with E-state index in [1.165, 1.54) is 11.1 Å². The van der Waals surface area contributed by atoms with E-state index in [2.05, 4.69) is 233 Å². The van der Waals surface area contributed by atoms with Crippen LogP contribution in [0, 0.1) is 13.8 Å². The Morgan fingerprint density at radius 3 is 1.01 bits per heavy atom. The Balaban J connectivity index is 0.00000345. The minimum Gasteiger partial charge on any atom is -0.657 e. The number of rotatable bonds is 10. The van der Waals surface area contributed by atoms with Crippen LogP contribution in [0.2, 0.25) is 0 Å². The maximum atomic E-state index is 5.74. The minimum atomic E-state index is 0. The molecule has 9 aromatic rings. The first kappa shape index (κ1) is 55.5. The van der Waals surface area contributed by atoms with E-state index in [4.69, 9.17) is 39.9 Å². The van der Waals surface area contributed by atoms with Crippen LogP contribution in [0.4, 0.5) is 0 Å². The van der Waals surface area contributed by atoms with E-state index in [1.54, 1.807) is 0 Å². The molecule has 13 rings (SSSR count). The van der Waals surface area contributed by atoms with Gasteiger partial charge in [0.1, 0.15) is 0 Å². The summed E-state index contributed by atoms with van der Waals surface area (Å²) in [5.41, 5.74) is 25.3. The monoisotopic (exact) mass is 1220 g/mol. The third-order valence-corrected chi connectivity index (χ3v) is 16.8. The quantitative estimate of drug-likeness (QED) is 0.125. The zero-order valence-corrected chi connectivity index (χ0v) is 54.1. The van der Waals surface area contributed by atoms with Crippen molar-refractivity contribution in [2.24, 2.45) is 0 Å². The van der Waals surface area contributed by atoms with Crippen LogP contribution < -0.4 is 19.9 Å². The van der Waals surface area contributed by atoms with E-state index in [1.807, 2.05) is 0 Å². The number of halogens is 1. The fraction of sp³-hybridized carbons (Fsp3) is 0.171. The standard InChI is InChI=1S/C70H57BrN8.2Zn/c1-7-42(8-2)63-47-24-26-51(72-47)65(44-14-12-11-13-15-44)52-27-25-48(73-52)64(43(9-3)10-4)50-29-33-58(75-50)68(57-32-28-49(63)74-57)69-59-34-30-53(76-59)66(45-20-16-40(5)17-21-45)55-36-38-61(78-55)70(71)62-39-37-56(79-62)67(54-31-35-60(69)77-54)46-22-18-41(6)19-23-46;;/h11-39,42-43H,7-10H2,1-6H3;;/q-4;2*+2. The molecule has 11 heteroatoms. The Morgan fingerprint density at radius 1 is 0.321 bits per heavy atom. The summed E-state index contributed by atoms with van der Waals surface area (Å²) >= 11 is 3.94. The van der Waals surface area contributed by atoms with E-state index < -0.39 is 0 Å². The van der Waals surface area contributed by atoms with Crippen LogP contribution in [0.5, 0.6) is 0 Å². The molecule has 0 saturated carbocycles. The first-order valence-electron chi connectivity index (χ1n) is 27.6. The molecule has 0 atom stereocenters. The van der Waals surface area contributed by atoms with E-state index >= 15 is 0 Å². The molecule has 10 heterocycles. The van der Waals surface area contributed by atoms with Gasteiger partial charge in [-0.3, -0.25) is 0 Å². The molecule has 8 nitrogen and oxygen atoms in total. The molecule has 0 aliphatic carbocycles. The molecule has 4 aliphatic rings. The van der Waals surface area contributed by atoms with Gasteiger partial charge >= 0.3 is 39.0 Å². The smallest absolute Gasteiger partial charge is 0.657 e. The molecule has 0 spiro atoms. The van der Waals surface area contributed by atoms with Crippen molar-refractivity contribution in [3.05, 3.63) is 200 Å². The van der Waals surface area contributed by atoms with Crippen LogP contribution >= 0.6 is 15.9 Å². The van der Waals surface area contributed by atoms with Crippen molar-refractivity contribution in [1.29, 1.82) is 0 Å². The second-order valence-corrected chi connectivity index (χ2v) is 21.7. The van der Waals surface area contributed by atoms with Crippen molar-refractivity contribution in [3.8, 4) is 44.5 Å². The second-order valence-electron chi connectivity index (χ2n) is 20.9. The van der Waals surface area contributed by atoms with Gasteiger partial charge in [-0.25, -0.2) is 19.9 Å². The Morgan fingerprint density at radius 2 is 0.605 bits per heavy atom. The van der Waals surface area contributed by atoms with Gasteiger partial charge in [0.05, 0.1) is 45.6 Å². The van der Waals surface area contributed by atoms with Crippen molar-refractivity contribution in [1.82, 2.24) is 39.9 Å². The number of hydrogen-bond acceptors (Lipinski definition) is 4. The van der Waals surface area contributed by atoms with Gasteiger partial charge in [0, 0.05) is 4.47 Å². The van der Waals surface area contributed by atoms with Crippen LogP contribution in [0.3, 0.4) is 0 Å². The van der Waals surface area contributed by atoms with Gasteiger partial charge in [-0.05, 0) is 172 Å². The summed E-state index contributed by atoms with van der Waals surface area (Å²) in [7, 11) is 0. The first-order valence-corrected chi connectivity index (χ1v) is 28.4. The van der Waals surface area contributed by atoms with E-state index in [0.717, 1.165) is 175 Å². The molecule has 16 bridgehead atoms. The molecule has 0 saturated heterocycles.